The molecule has 1 aliphatic carbocycles. The molecule has 1 heterocycles. The summed E-state index contributed by atoms with van der Waals surface area (Å²) in [4.78, 5) is 27.7. The molecule has 0 spiro atoms. The number of hydrogen-bond donors (Lipinski definition) is 1. The van der Waals surface area contributed by atoms with E-state index in [1.807, 2.05) is 29.2 Å². The van der Waals surface area contributed by atoms with Crippen molar-refractivity contribution in [2.45, 2.75) is 52.0 Å². The number of amides is 2. The van der Waals surface area contributed by atoms with Crippen molar-refractivity contribution in [1.82, 2.24) is 5.32 Å². The van der Waals surface area contributed by atoms with Crippen LogP contribution in [0.5, 0.6) is 0 Å². The highest BCUT2D eigenvalue weighted by Crippen LogP contribution is 2.34. The smallest absolute Gasteiger partial charge is 0.230 e. The van der Waals surface area contributed by atoms with Crippen LogP contribution in [0.15, 0.2) is 48.5 Å². The molecule has 1 saturated carbocycles. The lowest BCUT2D eigenvalue weighted by atomic mass is 9.80. The maximum Gasteiger partial charge on any atom is 0.230 e. The number of nitrogens with zero attached hydrogens (tertiary/aromatic N) is 1. The Morgan fingerprint density at radius 3 is 2.55 bits per heavy atom. The van der Waals surface area contributed by atoms with Crippen LogP contribution in [0.25, 0.3) is 0 Å². The maximum absolute atomic E-state index is 13.2. The van der Waals surface area contributed by atoms with Gasteiger partial charge in [0.1, 0.15) is 0 Å². The van der Waals surface area contributed by atoms with Gasteiger partial charge in [0, 0.05) is 30.6 Å². The fourth-order valence-corrected chi connectivity index (χ4v) is 4.74. The first kappa shape index (κ1) is 19.7. The fraction of sp³-hybridized carbons (Fsp3) is 0.440. The lowest BCUT2D eigenvalue weighted by Gasteiger charge is -2.35. The maximum atomic E-state index is 13.2. The zero-order valence-electron chi connectivity index (χ0n) is 17.2. The number of nitrogens with one attached hydrogen (secondary N) is 1. The van der Waals surface area contributed by atoms with Crippen LogP contribution in [-0.4, -0.2) is 18.4 Å². The van der Waals surface area contributed by atoms with Crippen LogP contribution < -0.4 is 10.2 Å². The van der Waals surface area contributed by atoms with Crippen LogP contribution in [-0.2, 0) is 22.6 Å². The molecule has 0 atom stereocenters. The molecule has 4 nitrogen and oxygen atoms in total. The number of fused-ring (bicyclic) bond motifs is 1. The van der Waals surface area contributed by atoms with Crippen LogP contribution in [0.3, 0.4) is 0 Å². The second-order valence-electron chi connectivity index (χ2n) is 8.48. The number of benzene rings is 2. The molecule has 2 aliphatic rings. The van der Waals surface area contributed by atoms with Gasteiger partial charge in [-0.25, -0.2) is 0 Å². The SMILES string of the molecule is Cc1cccc(CNC(=O)C2CCC(C(=O)N3CCCc4ccccc43)CC2)c1. The minimum atomic E-state index is 0.0255. The number of para-hydroxylation sites is 1. The first-order chi connectivity index (χ1) is 14.1. The molecule has 4 rings (SSSR count). The fourth-order valence-electron chi connectivity index (χ4n) is 4.74. The molecular formula is C25H30N2O2. The molecule has 0 aromatic heterocycles. The summed E-state index contributed by atoms with van der Waals surface area (Å²) in [6.45, 7) is 3.45. The average molecular weight is 391 g/mol. The van der Waals surface area contributed by atoms with E-state index in [4.69, 9.17) is 0 Å². The third-order valence-corrected chi connectivity index (χ3v) is 6.37. The summed E-state index contributed by atoms with van der Waals surface area (Å²) < 4.78 is 0. The monoisotopic (exact) mass is 390 g/mol. The van der Waals surface area contributed by atoms with Crippen LogP contribution >= 0.6 is 0 Å². The summed E-state index contributed by atoms with van der Waals surface area (Å²) in [5, 5.41) is 3.08. The predicted octanol–water partition coefficient (Wildman–Crippen LogP) is 4.40. The Hall–Kier alpha value is -2.62. The van der Waals surface area contributed by atoms with Crippen molar-refractivity contribution in [1.29, 1.82) is 0 Å². The molecule has 1 aliphatic heterocycles. The van der Waals surface area contributed by atoms with Crippen molar-refractivity contribution in [2.75, 3.05) is 11.4 Å². The number of aryl methyl sites for hydroxylation is 2. The van der Waals surface area contributed by atoms with Gasteiger partial charge in [0.2, 0.25) is 11.8 Å². The van der Waals surface area contributed by atoms with E-state index in [-0.39, 0.29) is 23.7 Å². The van der Waals surface area contributed by atoms with E-state index in [1.54, 1.807) is 0 Å². The summed E-state index contributed by atoms with van der Waals surface area (Å²) in [6.07, 6.45) is 5.28. The van der Waals surface area contributed by atoms with Crippen molar-refractivity contribution in [3.63, 3.8) is 0 Å². The highest BCUT2D eigenvalue weighted by molar-refractivity contribution is 5.96. The number of carbonyl (C=O) groups excluding carboxylic acids is 2. The third-order valence-electron chi connectivity index (χ3n) is 6.37. The lowest BCUT2D eigenvalue weighted by molar-refractivity contribution is -0.129. The zero-order valence-corrected chi connectivity index (χ0v) is 17.2. The number of carbonyl (C=O) groups is 2. The van der Waals surface area contributed by atoms with Crippen LogP contribution in [0.4, 0.5) is 5.69 Å². The predicted molar refractivity (Wildman–Crippen MR) is 116 cm³/mol. The van der Waals surface area contributed by atoms with Gasteiger partial charge in [0.15, 0.2) is 0 Å². The van der Waals surface area contributed by atoms with Crippen LogP contribution in [0, 0.1) is 18.8 Å². The second-order valence-corrected chi connectivity index (χ2v) is 8.48. The molecule has 1 fully saturated rings. The molecule has 0 radical (unpaired) electrons. The zero-order chi connectivity index (χ0) is 20.2. The van der Waals surface area contributed by atoms with Crippen molar-refractivity contribution < 1.29 is 9.59 Å². The van der Waals surface area contributed by atoms with Gasteiger partial charge in [-0.3, -0.25) is 9.59 Å². The van der Waals surface area contributed by atoms with Gasteiger partial charge in [0.25, 0.3) is 0 Å². The summed E-state index contributed by atoms with van der Waals surface area (Å²) in [7, 11) is 0. The average Bonchev–Trinajstić information content (AvgIpc) is 2.77. The normalized spacial score (nSPS) is 21.3. The van der Waals surface area contributed by atoms with Gasteiger partial charge in [-0.15, -0.1) is 0 Å². The summed E-state index contributed by atoms with van der Waals surface area (Å²) in [6, 6.07) is 16.5. The molecule has 0 saturated heterocycles. The van der Waals surface area contributed by atoms with E-state index in [1.165, 1.54) is 11.1 Å². The van der Waals surface area contributed by atoms with Crippen LogP contribution in [0.1, 0.15) is 48.8 Å². The molecule has 152 valence electrons. The summed E-state index contributed by atoms with van der Waals surface area (Å²) in [5.74, 6) is 0.441. The van der Waals surface area contributed by atoms with Gasteiger partial charge >= 0.3 is 0 Å². The Kier molecular flexibility index (Phi) is 5.98. The quantitative estimate of drug-likeness (QED) is 0.841. The highest BCUT2D eigenvalue weighted by atomic mass is 16.2. The summed E-state index contributed by atoms with van der Waals surface area (Å²) in [5.41, 5.74) is 4.69. The largest absolute Gasteiger partial charge is 0.352 e. The van der Waals surface area contributed by atoms with Gasteiger partial charge in [-0.05, 0) is 62.6 Å². The molecule has 29 heavy (non-hydrogen) atoms. The molecule has 0 unspecified atom stereocenters. The molecule has 2 aromatic carbocycles. The van der Waals surface area contributed by atoms with E-state index in [0.29, 0.717) is 6.54 Å². The number of anilines is 1. The Balaban J connectivity index is 1.30. The summed E-state index contributed by atoms with van der Waals surface area (Å²) >= 11 is 0. The molecule has 0 bridgehead atoms. The topological polar surface area (TPSA) is 49.4 Å². The highest BCUT2D eigenvalue weighted by Gasteiger charge is 2.33. The lowest BCUT2D eigenvalue weighted by Crippen LogP contribution is -2.42. The first-order valence-electron chi connectivity index (χ1n) is 10.8. The Morgan fingerprint density at radius 2 is 1.76 bits per heavy atom. The van der Waals surface area contributed by atoms with Crippen molar-refractivity contribution in [2.24, 2.45) is 11.8 Å². The Bertz CT molecular complexity index is 884. The van der Waals surface area contributed by atoms with Gasteiger partial charge in [-0.1, -0.05) is 48.0 Å². The minimum Gasteiger partial charge on any atom is -0.352 e. The Morgan fingerprint density at radius 1 is 1.00 bits per heavy atom. The van der Waals surface area contributed by atoms with Crippen molar-refractivity contribution in [3.8, 4) is 0 Å². The van der Waals surface area contributed by atoms with E-state index in [2.05, 4.69) is 36.5 Å². The standard InChI is InChI=1S/C25H30N2O2/c1-18-6-4-7-19(16-18)17-26-24(28)21-11-13-22(14-12-21)25(29)27-15-5-9-20-8-2-3-10-23(20)27/h2-4,6-8,10,16,21-22H,5,9,11-15,17H2,1H3,(H,26,28). The first-order valence-corrected chi connectivity index (χ1v) is 10.8. The molecule has 2 amide bonds. The van der Waals surface area contributed by atoms with E-state index in [9.17, 15) is 9.59 Å². The minimum absolute atomic E-state index is 0.0255. The molecule has 1 N–H and O–H groups in total. The van der Waals surface area contributed by atoms with E-state index >= 15 is 0 Å². The second kappa shape index (κ2) is 8.81. The van der Waals surface area contributed by atoms with Crippen molar-refractivity contribution in [3.05, 3.63) is 65.2 Å². The van der Waals surface area contributed by atoms with E-state index in [0.717, 1.165) is 56.3 Å². The van der Waals surface area contributed by atoms with Gasteiger partial charge in [-0.2, -0.15) is 0 Å². The van der Waals surface area contributed by atoms with Crippen molar-refractivity contribution >= 4 is 17.5 Å². The Labute approximate surface area is 173 Å². The van der Waals surface area contributed by atoms with Gasteiger partial charge in [0.05, 0.1) is 0 Å². The van der Waals surface area contributed by atoms with Crippen LogP contribution in [0.2, 0.25) is 0 Å². The van der Waals surface area contributed by atoms with Gasteiger partial charge < -0.3 is 10.2 Å². The number of hydrogen-bond acceptors (Lipinski definition) is 2. The molecule has 4 heteroatoms. The number of rotatable bonds is 4. The van der Waals surface area contributed by atoms with E-state index < -0.39 is 0 Å². The molecule has 2 aromatic rings. The molecular weight excluding hydrogens is 360 g/mol. The third kappa shape index (κ3) is 4.52.